The fraction of sp³-hybridized carbons (Fsp3) is 0.562. The second-order valence-electron chi connectivity index (χ2n) is 5.59. The van der Waals surface area contributed by atoms with Crippen LogP contribution >= 0.6 is 0 Å². The van der Waals surface area contributed by atoms with E-state index in [0.717, 1.165) is 24.4 Å². The molecule has 1 aromatic carbocycles. The molecule has 0 atom stereocenters. The number of aromatic carboxylic acids is 1. The Bertz CT molecular complexity index is 456. The van der Waals surface area contributed by atoms with E-state index in [1.807, 2.05) is 0 Å². The van der Waals surface area contributed by atoms with Gasteiger partial charge in [0.15, 0.2) is 0 Å². The maximum Gasteiger partial charge on any atom is 0.338 e. The second-order valence-corrected chi connectivity index (χ2v) is 5.59. The van der Waals surface area contributed by atoms with Gasteiger partial charge < -0.3 is 10.4 Å². The Hall–Kier alpha value is -1.42. The van der Waals surface area contributed by atoms with Crippen molar-refractivity contribution in [3.63, 3.8) is 0 Å². The third-order valence-corrected chi connectivity index (χ3v) is 4.03. The molecule has 1 saturated carbocycles. The van der Waals surface area contributed by atoms with Gasteiger partial charge >= 0.3 is 5.97 Å². The van der Waals surface area contributed by atoms with Crippen LogP contribution in [0.5, 0.6) is 0 Å². The summed E-state index contributed by atoms with van der Waals surface area (Å²) in [7, 11) is 0. The van der Waals surface area contributed by atoms with Crippen molar-refractivity contribution in [3.05, 3.63) is 35.1 Å². The second kappa shape index (κ2) is 7.39. The molecule has 1 aliphatic carbocycles. The van der Waals surface area contributed by atoms with Gasteiger partial charge in [-0.1, -0.05) is 31.7 Å². The van der Waals surface area contributed by atoms with Crippen molar-refractivity contribution in [2.45, 2.75) is 45.1 Å². The number of carbonyl (C=O) groups is 1. The lowest BCUT2D eigenvalue weighted by molar-refractivity contribution is 0.0692. The quantitative estimate of drug-likeness (QED) is 0.750. The van der Waals surface area contributed by atoms with E-state index in [1.54, 1.807) is 6.07 Å². The highest BCUT2D eigenvalue weighted by Gasteiger charge is 2.14. The average Bonchev–Trinajstić information content (AvgIpc) is 2.91. The zero-order valence-electron chi connectivity index (χ0n) is 11.7. The summed E-state index contributed by atoms with van der Waals surface area (Å²) in [4.78, 5) is 10.7. The summed E-state index contributed by atoms with van der Waals surface area (Å²) in [5.41, 5.74) is 0.517. The molecule has 0 aromatic heterocycles. The summed E-state index contributed by atoms with van der Waals surface area (Å²) in [5.74, 6) is -0.981. The standard InChI is InChI=1S/C16H22FNO2/c17-15-10-13(7-8-14(15)16(19)20)11-18-9-3-6-12-4-1-2-5-12/h7-8,10,12,18H,1-6,9,11H2,(H,19,20). The Morgan fingerprint density at radius 1 is 1.35 bits per heavy atom. The van der Waals surface area contributed by atoms with Crippen LogP contribution in [0, 0.1) is 11.7 Å². The first-order valence-electron chi connectivity index (χ1n) is 7.39. The molecule has 0 radical (unpaired) electrons. The third-order valence-electron chi connectivity index (χ3n) is 4.03. The summed E-state index contributed by atoms with van der Waals surface area (Å²) >= 11 is 0. The van der Waals surface area contributed by atoms with Gasteiger partial charge in [-0.25, -0.2) is 9.18 Å². The number of nitrogens with one attached hydrogen (secondary N) is 1. The fourth-order valence-corrected chi connectivity index (χ4v) is 2.89. The van der Waals surface area contributed by atoms with Crippen molar-refractivity contribution >= 4 is 5.97 Å². The SMILES string of the molecule is O=C(O)c1ccc(CNCCCC2CCCC2)cc1F. The summed E-state index contributed by atoms with van der Waals surface area (Å²) in [6.07, 6.45) is 7.95. The average molecular weight is 279 g/mol. The number of hydrogen-bond donors (Lipinski definition) is 2. The summed E-state index contributed by atoms with van der Waals surface area (Å²) < 4.78 is 13.5. The van der Waals surface area contributed by atoms with Crippen molar-refractivity contribution in [1.82, 2.24) is 5.32 Å². The van der Waals surface area contributed by atoms with E-state index in [1.165, 1.54) is 44.2 Å². The van der Waals surface area contributed by atoms with E-state index in [2.05, 4.69) is 5.32 Å². The molecule has 0 unspecified atom stereocenters. The largest absolute Gasteiger partial charge is 0.478 e. The summed E-state index contributed by atoms with van der Waals surface area (Å²) in [5, 5.41) is 12.0. The molecule has 1 fully saturated rings. The van der Waals surface area contributed by atoms with Crippen LogP contribution in [-0.4, -0.2) is 17.6 Å². The molecule has 1 aliphatic rings. The van der Waals surface area contributed by atoms with Gasteiger partial charge in [0.25, 0.3) is 0 Å². The minimum Gasteiger partial charge on any atom is -0.478 e. The van der Waals surface area contributed by atoms with Crippen molar-refractivity contribution < 1.29 is 14.3 Å². The predicted octanol–water partition coefficient (Wildman–Crippen LogP) is 3.58. The normalized spacial score (nSPS) is 15.7. The minimum atomic E-state index is -1.22. The van der Waals surface area contributed by atoms with Crippen LogP contribution in [-0.2, 0) is 6.54 Å². The first-order chi connectivity index (χ1) is 9.66. The lowest BCUT2D eigenvalue weighted by Gasteiger charge is -2.09. The molecule has 0 spiro atoms. The maximum atomic E-state index is 13.5. The van der Waals surface area contributed by atoms with Gasteiger partial charge in [0.05, 0.1) is 5.56 Å². The molecule has 0 bridgehead atoms. The molecule has 3 nitrogen and oxygen atoms in total. The Balaban J connectivity index is 1.68. The molecule has 0 heterocycles. The molecule has 110 valence electrons. The van der Waals surface area contributed by atoms with Crippen LogP contribution in [0.25, 0.3) is 0 Å². The van der Waals surface area contributed by atoms with Crippen molar-refractivity contribution in [2.24, 2.45) is 5.92 Å². The van der Waals surface area contributed by atoms with E-state index >= 15 is 0 Å². The number of halogens is 1. The molecule has 1 aromatic rings. The molecule has 0 amide bonds. The van der Waals surface area contributed by atoms with E-state index in [-0.39, 0.29) is 5.56 Å². The van der Waals surface area contributed by atoms with Gasteiger partial charge in [0, 0.05) is 6.54 Å². The lowest BCUT2D eigenvalue weighted by Crippen LogP contribution is -2.16. The maximum absolute atomic E-state index is 13.5. The topological polar surface area (TPSA) is 49.3 Å². The zero-order chi connectivity index (χ0) is 14.4. The Morgan fingerprint density at radius 3 is 2.75 bits per heavy atom. The molecule has 2 N–H and O–H groups in total. The van der Waals surface area contributed by atoms with Gasteiger partial charge in [0.2, 0.25) is 0 Å². The molecule has 0 saturated heterocycles. The first kappa shape index (κ1) is 15.0. The Kier molecular flexibility index (Phi) is 5.53. The van der Waals surface area contributed by atoms with Gasteiger partial charge in [-0.2, -0.15) is 0 Å². The number of carboxylic acid groups (broad SMARTS) is 1. The van der Waals surface area contributed by atoms with Gasteiger partial charge in [-0.3, -0.25) is 0 Å². The zero-order valence-corrected chi connectivity index (χ0v) is 11.7. The molecular formula is C16H22FNO2. The Morgan fingerprint density at radius 2 is 2.10 bits per heavy atom. The van der Waals surface area contributed by atoms with Crippen molar-refractivity contribution in [1.29, 1.82) is 0 Å². The van der Waals surface area contributed by atoms with Crippen LogP contribution in [0.2, 0.25) is 0 Å². The number of carboxylic acids is 1. The molecule has 4 heteroatoms. The molecule has 2 rings (SSSR count). The van der Waals surface area contributed by atoms with Gasteiger partial charge in [-0.05, 0) is 43.0 Å². The van der Waals surface area contributed by atoms with Crippen LogP contribution in [0.15, 0.2) is 18.2 Å². The first-order valence-corrected chi connectivity index (χ1v) is 7.39. The van der Waals surface area contributed by atoms with Crippen LogP contribution in [0.3, 0.4) is 0 Å². The third kappa shape index (κ3) is 4.30. The van der Waals surface area contributed by atoms with E-state index in [4.69, 9.17) is 5.11 Å². The van der Waals surface area contributed by atoms with Crippen LogP contribution < -0.4 is 5.32 Å². The minimum absolute atomic E-state index is 0.269. The summed E-state index contributed by atoms with van der Waals surface area (Å²) in [6, 6.07) is 4.29. The highest BCUT2D eigenvalue weighted by atomic mass is 19.1. The van der Waals surface area contributed by atoms with Gasteiger partial charge in [-0.15, -0.1) is 0 Å². The molecule has 0 aliphatic heterocycles. The fourth-order valence-electron chi connectivity index (χ4n) is 2.89. The molecular weight excluding hydrogens is 257 g/mol. The number of hydrogen-bond acceptors (Lipinski definition) is 2. The van der Waals surface area contributed by atoms with E-state index in [9.17, 15) is 9.18 Å². The number of rotatable bonds is 7. The Labute approximate surface area is 119 Å². The highest BCUT2D eigenvalue weighted by Crippen LogP contribution is 2.28. The smallest absolute Gasteiger partial charge is 0.338 e. The molecule has 20 heavy (non-hydrogen) atoms. The van der Waals surface area contributed by atoms with Crippen LogP contribution in [0.4, 0.5) is 4.39 Å². The van der Waals surface area contributed by atoms with E-state index in [0.29, 0.717) is 6.54 Å². The van der Waals surface area contributed by atoms with Crippen molar-refractivity contribution in [2.75, 3.05) is 6.54 Å². The highest BCUT2D eigenvalue weighted by molar-refractivity contribution is 5.87. The van der Waals surface area contributed by atoms with Gasteiger partial charge in [0.1, 0.15) is 5.82 Å². The van der Waals surface area contributed by atoms with Crippen molar-refractivity contribution in [3.8, 4) is 0 Å². The predicted molar refractivity (Wildman–Crippen MR) is 76.3 cm³/mol. The monoisotopic (exact) mass is 279 g/mol. The lowest BCUT2D eigenvalue weighted by atomic mass is 10.0. The van der Waals surface area contributed by atoms with Crippen LogP contribution in [0.1, 0.15) is 54.4 Å². The summed E-state index contributed by atoms with van der Waals surface area (Å²) in [6.45, 7) is 1.51. The number of benzene rings is 1. The van der Waals surface area contributed by atoms with E-state index < -0.39 is 11.8 Å².